The fraction of sp³-hybridized carbons (Fsp3) is 0.300. The molecule has 1 atom stereocenters. The third-order valence-electron chi connectivity index (χ3n) is 5.30. The van der Waals surface area contributed by atoms with Crippen LogP contribution in [-0.4, -0.2) is 51.1 Å². The number of nitrogen functional groups attached to an aromatic ring is 1. The molecule has 9 heteroatoms. The van der Waals surface area contributed by atoms with Crippen LogP contribution in [0.3, 0.4) is 0 Å². The lowest BCUT2D eigenvalue weighted by Gasteiger charge is -2.39. The van der Waals surface area contributed by atoms with E-state index < -0.39 is 6.09 Å². The molecule has 0 bridgehead atoms. The summed E-state index contributed by atoms with van der Waals surface area (Å²) in [5, 5.41) is 11.1. The second-order valence-electron chi connectivity index (χ2n) is 7.20. The van der Waals surface area contributed by atoms with Crippen molar-refractivity contribution in [3.05, 3.63) is 53.4 Å². The Hall–Kier alpha value is -3.46. The molecule has 4 rings (SSSR count). The van der Waals surface area contributed by atoms with E-state index in [0.29, 0.717) is 31.7 Å². The van der Waals surface area contributed by atoms with E-state index in [1.165, 1.54) is 0 Å². The van der Waals surface area contributed by atoms with Crippen molar-refractivity contribution < 1.29 is 14.7 Å². The maximum absolute atomic E-state index is 13.3. The monoisotopic (exact) mass is 394 g/mol. The lowest BCUT2D eigenvalue weighted by molar-refractivity contribution is -0.123. The maximum Gasteiger partial charge on any atom is 0.409 e. The Morgan fingerprint density at radius 1 is 1.31 bits per heavy atom. The van der Waals surface area contributed by atoms with Crippen LogP contribution in [0.25, 0.3) is 0 Å². The minimum Gasteiger partial charge on any atom is -0.465 e. The first-order chi connectivity index (χ1) is 13.9. The molecule has 0 fully saturated rings. The Labute approximate surface area is 167 Å². The number of nitrogens with zero attached hydrogens (tertiary/aromatic N) is 4. The lowest BCUT2D eigenvalue weighted by Crippen LogP contribution is -2.53. The molecule has 2 amide bonds. The highest BCUT2D eigenvalue weighted by molar-refractivity contribution is 6.00. The van der Waals surface area contributed by atoms with E-state index in [1.807, 2.05) is 6.92 Å². The highest BCUT2D eigenvalue weighted by Gasteiger charge is 2.36. The van der Waals surface area contributed by atoms with Gasteiger partial charge in [0.15, 0.2) is 0 Å². The molecule has 0 saturated carbocycles. The van der Waals surface area contributed by atoms with E-state index in [0.717, 1.165) is 22.5 Å². The van der Waals surface area contributed by atoms with Crippen molar-refractivity contribution in [2.24, 2.45) is 0 Å². The van der Waals surface area contributed by atoms with Gasteiger partial charge in [0.25, 0.3) is 0 Å². The summed E-state index contributed by atoms with van der Waals surface area (Å²) in [6.07, 6.45) is 3.39. The maximum atomic E-state index is 13.3. The number of aromatic nitrogens is 2. The fourth-order valence-corrected chi connectivity index (χ4v) is 3.88. The second kappa shape index (κ2) is 7.51. The van der Waals surface area contributed by atoms with Crippen molar-refractivity contribution in [1.29, 1.82) is 0 Å². The smallest absolute Gasteiger partial charge is 0.409 e. The molecular weight excluding hydrogens is 372 g/mol. The predicted octanol–water partition coefficient (Wildman–Crippen LogP) is 1.87. The molecule has 1 aromatic heterocycles. The molecule has 150 valence electrons. The summed E-state index contributed by atoms with van der Waals surface area (Å²) in [6, 6.07) is 6.44. The topological polar surface area (TPSA) is 125 Å². The zero-order chi connectivity index (χ0) is 20.5. The first-order valence-electron chi connectivity index (χ1n) is 9.35. The van der Waals surface area contributed by atoms with Crippen LogP contribution in [0.2, 0.25) is 0 Å². The molecule has 3 heterocycles. The number of nitrogens with two attached hydrogens (primary N) is 1. The van der Waals surface area contributed by atoms with Gasteiger partial charge in [-0.1, -0.05) is 6.08 Å². The van der Waals surface area contributed by atoms with Gasteiger partial charge < -0.3 is 15.7 Å². The second-order valence-corrected chi connectivity index (χ2v) is 7.20. The number of fused-ring (bicyclic) bond motifs is 1. The summed E-state index contributed by atoms with van der Waals surface area (Å²) in [5.41, 5.74) is 9.83. The first-order valence-corrected chi connectivity index (χ1v) is 9.35. The molecule has 1 aromatic carbocycles. The van der Waals surface area contributed by atoms with Gasteiger partial charge in [-0.3, -0.25) is 15.0 Å². The molecule has 4 N–H and O–H groups in total. The third kappa shape index (κ3) is 3.77. The van der Waals surface area contributed by atoms with Gasteiger partial charge in [-0.2, -0.15) is 0 Å². The van der Waals surface area contributed by atoms with Crippen molar-refractivity contribution in [1.82, 2.24) is 14.9 Å². The van der Waals surface area contributed by atoms with Crippen LogP contribution in [0.4, 0.5) is 22.1 Å². The van der Waals surface area contributed by atoms with Crippen LogP contribution in [0.5, 0.6) is 0 Å². The zero-order valence-corrected chi connectivity index (χ0v) is 16.0. The standard InChI is InChI=1S/C20H22N6O3/c1-12-6-9-26(15-4-2-14(3-5-15)23-20(28)29)18(27)17(12)25-8-7-16-13(11-25)10-22-19(21)24-16/h2-6,10,17,23H,7-9,11H2,1H3,(H,28,29)(H2,21,22,24). The summed E-state index contributed by atoms with van der Waals surface area (Å²) in [4.78, 5) is 36.4. The van der Waals surface area contributed by atoms with Crippen LogP contribution in [0.1, 0.15) is 18.2 Å². The van der Waals surface area contributed by atoms with E-state index in [1.54, 1.807) is 35.4 Å². The van der Waals surface area contributed by atoms with Gasteiger partial charge in [-0.15, -0.1) is 0 Å². The summed E-state index contributed by atoms with van der Waals surface area (Å²) in [5.74, 6) is 0.276. The molecule has 2 aliphatic rings. The summed E-state index contributed by atoms with van der Waals surface area (Å²) < 4.78 is 0. The van der Waals surface area contributed by atoms with E-state index in [-0.39, 0.29) is 17.9 Å². The van der Waals surface area contributed by atoms with Gasteiger partial charge in [-0.05, 0) is 36.8 Å². The number of hydrogen-bond donors (Lipinski definition) is 3. The molecule has 9 nitrogen and oxygen atoms in total. The number of anilines is 3. The molecule has 2 aromatic rings. The Bertz CT molecular complexity index is 988. The Morgan fingerprint density at radius 3 is 2.79 bits per heavy atom. The Morgan fingerprint density at radius 2 is 2.07 bits per heavy atom. The number of hydrogen-bond acceptors (Lipinski definition) is 6. The van der Waals surface area contributed by atoms with Crippen molar-refractivity contribution in [3.8, 4) is 0 Å². The van der Waals surface area contributed by atoms with Crippen molar-refractivity contribution in [3.63, 3.8) is 0 Å². The number of amides is 2. The molecule has 29 heavy (non-hydrogen) atoms. The summed E-state index contributed by atoms with van der Waals surface area (Å²) in [7, 11) is 0. The molecule has 0 radical (unpaired) electrons. The van der Waals surface area contributed by atoms with Crippen molar-refractivity contribution >= 4 is 29.3 Å². The normalized spacial score (nSPS) is 19.5. The molecule has 2 aliphatic heterocycles. The SMILES string of the molecule is CC1=CCN(c2ccc(NC(=O)O)cc2)C(=O)C1N1CCc2nc(N)ncc2C1. The number of carbonyl (C=O) groups excluding carboxylic acids is 1. The van der Waals surface area contributed by atoms with Crippen LogP contribution in [0, 0.1) is 0 Å². The average molecular weight is 394 g/mol. The van der Waals surface area contributed by atoms with Crippen LogP contribution < -0.4 is 16.0 Å². The summed E-state index contributed by atoms with van der Waals surface area (Å²) >= 11 is 0. The third-order valence-corrected chi connectivity index (χ3v) is 5.30. The van der Waals surface area contributed by atoms with Crippen molar-refractivity contribution in [2.75, 3.05) is 29.0 Å². The highest BCUT2D eigenvalue weighted by atomic mass is 16.4. The van der Waals surface area contributed by atoms with Crippen LogP contribution in [-0.2, 0) is 17.8 Å². The van der Waals surface area contributed by atoms with Gasteiger partial charge in [0.1, 0.15) is 6.04 Å². The number of nitrogens with one attached hydrogen (secondary N) is 1. The van der Waals surface area contributed by atoms with Crippen LogP contribution in [0.15, 0.2) is 42.1 Å². The fourth-order valence-electron chi connectivity index (χ4n) is 3.88. The van der Waals surface area contributed by atoms with E-state index in [9.17, 15) is 9.59 Å². The quantitative estimate of drug-likeness (QED) is 0.679. The first kappa shape index (κ1) is 18.9. The minimum atomic E-state index is -1.12. The van der Waals surface area contributed by atoms with Gasteiger partial charge >= 0.3 is 6.09 Å². The minimum absolute atomic E-state index is 0.00348. The Kier molecular flexibility index (Phi) is 4.89. The van der Waals surface area contributed by atoms with E-state index in [2.05, 4.69) is 26.3 Å². The number of carboxylic acid groups (broad SMARTS) is 1. The molecule has 0 spiro atoms. The predicted molar refractivity (Wildman–Crippen MR) is 109 cm³/mol. The van der Waals surface area contributed by atoms with E-state index >= 15 is 0 Å². The number of benzene rings is 1. The Balaban J connectivity index is 1.55. The molecule has 0 aliphatic carbocycles. The lowest BCUT2D eigenvalue weighted by atomic mass is 9.97. The van der Waals surface area contributed by atoms with Gasteiger partial charge in [0.2, 0.25) is 11.9 Å². The molecule has 0 saturated heterocycles. The van der Waals surface area contributed by atoms with Gasteiger partial charge in [0.05, 0.1) is 5.69 Å². The van der Waals surface area contributed by atoms with Gasteiger partial charge in [-0.25, -0.2) is 14.8 Å². The summed E-state index contributed by atoms with van der Waals surface area (Å²) in [6.45, 7) is 3.76. The zero-order valence-electron chi connectivity index (χ0n) is 16.0. The number of rotatable bonds is 3. The van der Waals surface area contributed by atoms with E-state index in [4.69, 9.17) is 10.8 Å². The van der Waals surface area contributed by atoms with Gasteiger partial charge in [0, 0.05) is 49.2 Å². The highest BCUT2D eigenvalue weighted by Crippen LogP contribution is 2.28. The van der Waals surface area contributed by atoms with Crippen LogP contribution >= 0.6 is 0 Å². The average Bonchev–Trinajstić information content (AvgIpc) is 2.68. The molecule has 1 unspecified atom stereocenters. The van der Waals surface area contributed by atoms with Crippen molar-refractivity contribution in [2.45, 2.75) is 25.9 Å². The largest absolute Gasteiger partial charge is 0.465 e. The molecular formula is C20H22N6O3. The number of carbonyl (C=O) groups is 2.